The summed E-state index contributed by atoms with van der Waals surface area (Å²) in [7, 11) is 3.47. The normalized spacial score (nSPS) is 24.1. The van der Waals surface area contributed by atoms with Gasteiger partial charge in [-0.3, -0.25) is 4.79 Å². The van der Waals surface area contributed by atoms with Crippen LogP contribution in [0.25, 0.3) is 27.9 Å². The lowest BCUT2D eigenvalue weighted by Gasteiger charge is -2.30. The molecule has 0 bridgehead atoms. The Kier molecular flexibility index (Phi) is 5.37. The molecule has 0 aromatic carbocycles. The van der Waals surface area contributed by atoms with Crippen molar-refractivity contribution in [2.24, 2.45) is 0 Å². The van der Waals surface area contributed by atoms with Gasteiger partial charge in [0.15, 0.2) is 5.65 Å². The standard InChI is InChI=1S/C24H26FN7O3/c1-26-21-8-18(29-23-14(9-28-32(21)23)24(33)30-17-6-5-16(17)25)15-10-31(19-11-35-12-20(19)34-2)22-13(15)4-3-7-27-22/h3-4,7-10,16-17,19-20,26H,5-6,11-12H2,1-2H3,(H,30,33)/t16-,17-,19-,20-/m1/s1. The summed E-state index contributed by atoms with van der Waals surface area (Å²) in [6, 6.07) is 5.28. The van der Waals surface area contributed by atoms with Crippen LogP contribution in [0.1, 0.15) is 29.2 Å². The Morgan fingerprint density at radius 1 is 1.29 bits per heavy atom. The predicted octanol–water partition coefficient (Wildman–Crippen LogP) is 2.60. The smallest absolute Gasteiger partial charge is 0.257 e. The first-order chi connectivity index (χ1) is 17.1. The van der Waals surface area contributed by atoms with Crippen molar-refractivity contribution in [1.29, 1.82) is 0 Å². The fraction of sp³-hybridized carbons (Fsp3) is 0.417. The number of carbonyl (C=O) groups is 1. The number of ether oxygens (including phenoxy) is 2. The minimum atomic E-state index is -1.01. The minimum Gasteiger partial charge on any atom is -0.377 e. The van der Waals surface area contributed by atoms with Crippen LogP contribution < -0.4 is 10.6 Å². The molecule has 4 aromatic heterocycles. The molecule has 1 amide bonds. The van der Waals surface area contributed by atoms with Gasteiger partial charge in [-0.25, -0.2) is 14.4 Å². The van der Waals surface area contributed by atoms with Gasteiger partial charge >= 0.3 is 0 Å². The number of pyridine rings is 1. The molecule has 0 unspecified atom stereocenters. The molecule has 6 rings (SSSR count). The fourth-order valence-corrected chi connectivity index (χ4v) is 4.85. The van der Waals surface area contributed by atoms with Crippen LogP contribution in [-0.2, 0) is 9.47 Å². The quantitative estimate of drug-likeness (QED) is 0.438. The van der Waals surface area contributed by atoms with Crippen LogP contribution >= 0.6 is 0 Å². The molecule has 1 aliphatic carbocycles. The van der Waals surface area contributed by atoms with Gasteiger partial charge in [-0.15, -0.1) is 0 Å². The van der Waals surface area contributed by atoms with Crippen molar-refractivity contribution in [3.05, 3.63) is 42.4 Å². The maximum atomic E-state index is 13.7. The number of nitrogens with one attached hydrogen (secondary N) is 2. The van der Waals surface area contributed by atoms with E-state index >= 15 is 0 Å². The lowest BCUT2D eigenvalue weighted by molar-refractivity contribution is 0.0692. The van der Waals surface area contributed by atoms with Crippen molar-refractivity contribution in [1.82, 2.24) is 29.5 Å². The summed E-state index contributed by atoms with van der Waals surface area (Å²) in [5, 5.41) is 11.2. The van der Waals surface area contributed by atoms with Gasteiger partial charge < -0.3 is 24.7 Å². The molecule has 5 heterocycles. The van der Waals surface area contributed by atoms with Crippen molar-refractivity contribution in [2.45, 2.75) is 37.2 Å². The third kappa shape index (κ3) is 3.53. The number of halogens is 1. The van der Waals surface area contributed by atoms with Crippen LogP contribution in [0.3, 0.4) is 0 Å². The van der Waals surface area contributed by atoms with Gasteiger partial charge in [0, 0.05) is 43.6 Å². The molecule has 1 saturated carbocycles. The molecule has 2 N–H and O–H groups in total. The Hall–Kier alpha value is -3.57. The topological polar surface area (TPSA) is 108 Å². The molecule has 2 aliphatic rings. The molecule has 4 aromatic rings. The zero-order valence-electron chi connectivity index (χ0n) is 19.4. The second-order valence-corrected chi connectivity index (χ2v) is 8.95. The lowest BCUT2D eigenvalue weighted by atomic mass is 9.90. The summed E-state index contributed by atoms with van der Waals surface area (Å²) in [6.07, 6.45) is 5.25. The molecular formula is C24H26FN7O3. The number of carbonyl (C=O) groups excluding carboxylic acids is 1. The monoisotopic (exact) mass is 479 g/mol. The van der Waals surface area contributed by atoms with E-state index in [-0.39, 0.29) is 18.1 Å². The van der Waals surface area contributed by atoms with Crippen LogP contribution in [0.2, 0.25) is 0 Å². The summed E-state index contributed by atoms with van der Waals surface area (Å²) in [6.45, 7) is 1.04. The Labute approximate surface area is 200 Å². The molecule has 10 nitrogen and oxygen atoms in total. The van der Waals surface area contributed by atoms with E-state index in [4.69, 9.17) is 14.5 Å². The first-order valence-corrected chi connectivity index (χ1v) is 11.7. The number of amides is 1. The van der Waals surface area contributed by atoms with Gasteiger partial charge in [-0.05, 0) is 25.0 Å². The highest BCUT2D eigenvalue weighted by Crippen LogP contribution is 2.35. The largest absolute Gasteiger partial charge is 0.377 e. The Morgan fingerprint density at radius 2 is 2.17 bits per heavy atom. The molecule has 1 saturated heterocycles. The molecule has 0 spiro atoms. The Balaban J connectivity index is 1.47. The summed E-state index contributed by atoms with van der Waals surface area (Å²) in [5.74, 6) is 0.286. The van der Waals surface area contributed by atoms with E-state index in [9.17, 15) is 9.18 Å². The third-order valence-electron chi connectivity index (χ3n) is 7.00. The maximum Gasteiger partial charge on any atom is 0.257 e. The van der Waals surface area contributed by atoms with E-state index in [1.165, 1.54) is 6.20 Å². The first-order valence-electron chi connectivity index (χ1n) is 11.7. The molecule has 11 heteroatoms. The van der Waals surface area contributed by atoms with Gasteiger partial charge in [0.2, 0.25) is 0 Å². The highest BCUT2D eigenvalue weighted by atomic mass is 19.1. The third-order valence-corrected chi connectivity index (χ3v) is 7.00. The SMILES string of the molecule is CNc1cc(-c2cn([C@@H]3COC[C@H]3OC)c3ncccc23)nc2c(C(=O)N[C@@H]3CC[C@H]3F)cnn12. The van der Waals surface area contributed by atoms with Crippen LogP contribution in [0, 0.1) is 0 Å². The van der Waals surface area contributed by atoms with Gasteiger partial charge in [0.05, 0.1) is 37.2 Å². The van der Waals surface area contributed by atoms with Crippen LogP contribution in [-0.4, -0.2) is 75.7 Å². The zero-order chi connectivity index (χ0) is 24.1. The van der Waals surface area contributed by atoms with E-state index in [0.717, 1.165) is 16.6 Å². The second kappa shape index (κ2) is 8.58. The van der Waals surface area contributed by atoms with Gasteiger partial charge in [0.25, 0.3) is 5.91 Å². The lowest BCUT2D eigenvalue weighted by Crippen LogP contribution is -2.48. The highest BCUT2D eigenvalue weighted by Gasteiger charge is 2.34. The Morgan fingerprint density at radius 3 is 2.91 bits per heavy atom. The van der Waals surface area contributed by atoms with Crippen molar-refractivity contribution in [3.63, 3.8) is 0 Å². The number of methoxy groups -OCH3 is 1. The summed E-state index contributed by atoms with van der Waals surface area (Å²) < 4.78 is 28.7. The van der Waals surface area contributed by atoms with Crippen molar-refractivity contribution in [2.75, 3.05) is 32.7 Å². The average Bonchev–Trinajstić information content (AvgIpc) is 3.61. The molecule has 182 valence electrons. The molecule has 0 radical (unpaired) electrons. The number of hydrogen-bond acceptors (Lipinski definition) is 7. The van der Waals surface area contributed by atoms with E-state index in [0.29, 0.717) is 48.8 Å². The van der Waals surface area contributed by atoms with Crippen LogP contribution in [0.5, 0.6) is 0 Å². The number of anilines is 1. The molecule has 2 fully saturated rings. The second-order valence-electron chi connectivity index (χ2n) is 8.95. The van der Waals surface area contributed by atoms with Crippen molar-refractivity contribution in [3.8, 4) is 11.3 Å². The molecular weight excluding hydrogens is 453 g/mol. The van der Waals surface area contributed by atoms with Crippen LogP contribution in [0.15, 0.2) is 36.8 Å². The number of alkyl halides is 1. The van der Waals surface area contributed by atoms with Crippen LogP contribution in [0.4, 0.5) is 10.2 Å². The summed E-state index contributed by atoms with van der Waals surface area (Å²) in [4.78, 5) is 22.4. The minimum absolute atomic E-state index is 0.0221. The Bertz CT molecular complexity index is 1420. The van der Waals surface area contributed by atoms with Crippen molar-refractivity contribution >= 4 is 28.4 Å². The molecule has 4 atom stereocenters. The van der Waals surface area contributed by atoms with Crippen molar-refractivity contribution < 1.29 is 18.7 Å². The molecule has 35 heavy (non-hydrogen) atoms. The number of hydrogen-bond donors (Lipinski definition) is 2. The number of nitrogens with zero attached hydrogens (tertiary/aromatic N) is 5. The van der Waals surface area contributed by atoms with Gasteiger partial charge in [0.1, 0.15) is 29.3 Å². The van der Waals surface area contributed by atoms with Gasteiger partial charge in [-0.1, -0.05) is 0 Å². The highest BCUT2D eigenvalue weighted by molar-refractivity contribution is 6.01. The first kappa shape index (κ1) is 21.9. The zero-order valence-corrected chi connectivity index (χ0v) is 19.4. The average molecular weight is 480 g/mol. The van der Waals surface area contributed by atoms with E-state index in [1.807, 2.05) is 24.4 Å². The van der Waals surface area contributed by atoms with Gasteiger partial charge in [-0.2, -0.15) is 9.61 Å². The fourth-order valence-electron chi connectivity index (χ4n) is 4.85. The van der Waals surface area contributed by atoms with E-state index < -0.39 is 12.2 Å². The summed E-state index contributed by atoms with van der Waals surface area (Å²) in [5.41, 5.74) is 3.02. The number of aromatic nitrogens is 5. The predicted molar refractivity (Wildman–Crippen MR) is 127 cm³/mol. The van der Waals surface area contributed by atoms with E-state index in [1.54, 1.807) is 24.9 Å². The number of fused-ring (bicyclic) bond motifs is 2. The van der Waals surface area contributed by atoms with E-state index in [2.05, 4.69) is 25.3 Å². The molecule has 1 aliphatic heterocycles. The summed E-state index contributed by atoms with van der Waals surface area (Å²) >= 11 is 0. The number of rotatable bonds is 6. The maximum absolute atomic E-state index is 13.7.